The first-order valence-corrected chi connectivity index (χ1v) is 8.74. The summed E-state index contributed by atoms with van der Waals surface area (Å²) in [6.45, 7) is 7.02. The van der Waals surface area contributed by atoms with Gasteiger partial charge in [0.2, 0.25) is 0 Å². The lowest BCUT2D eigenvalue weighted by Gasteiger charge is -2.36. The van der Waals surface area contributed by atoms with Gasteiger partial charge in [-0.15, -0.1) is 0 Å². The van der Waals surface area contributed by atoms with Crippen molar-refractivity contribution in [1.82, 2.24) is 4.90 Å². The second-order valence-electron chi connectivity index (χ2n) is 6.08. The normalized spacial score (nSPS) is 14.0. The molecule has 0 spiro atoms. The average Bonchev–Trinajstić information content (AvgIpc) is 2.72. The van der Waals surface area contributed by atoms with E-state index in [4.69, 9.17) is 9.47 Å². The number of para-hydroxylation sites is 2. The lowest BCUT2D eigenvalue weighted by molar-refractivity contribution is 0.0746. The molecule has 0 aromatic heterocycles. The molecule has 0 atom stereocenters. The summed E-state index contributed by atoms with van der Waals surface area (Å²) in [5, 5.41) is 0. The van der Waals surface area contributed by atoms with E-state index in [1.54, 1.807) is 13.2 Å². The third-order valence-electron chi connectivity index (χ3n) is 4.46. The maximum Gasteiger partial charge on any atom is 0.253 e. The molecule has 0 N–H and O–H groups in total. The van der Waals surface area contributed by atoms with Crippen LogP contribution in [0.3, 0.4) is 0 Å². The zero-order valence-electron chi connectivity index (χ0n) is 15.1. The highest BCUT2D eigenvalue weighted by Crippen LogP contribution is 2.28. The Hall–Kier alpha value is -2.95. The van der Waals surface area contributed by atoms with Crippen LogP contribution in [-0.2, 0) is 0 Å². The van der Waals surface area contributed by atoms with Crippen LogP contribution in [0.25, 0.3) is 0 Å². The summed E-state index contributed by atoms with van der Waals surface area (Å²) >= 11 is 0. The minimum atomic E-state index is 0.0555. The average molecular weight is 352 g/mol. The highest BCUT2D eigenvalue weighted by atomic mass is 16.5. The Labute approximate surface area is 154 Å². The SMILES string of the molecule is C=CCOc1ccc(C(=O)N2CCN(c3ccccc3OC)CC2)cc1. The number of carbonyl (C=O) groups excluding carboxylic acids is 1. The molecule has 0 bridgehead atoms. The van der Waals surface area contributed by atoms with Crippen LogP contribution in [0.2, 0.25) is 0 Å². The van der Waals surface area contributed by atoms with Crippen molar-refractivity contribution < 1.29 is 14.3 Å². The quantitative estimate of drug-likeness (QED) is 0.749. The number of hydrogen-bond acceptors (Lipinski definition) is 4. The number of rotatable bonds is 6. The molecule has 0 radical (unpaired) electrons. The topological polar surface area (TPSA) is 42.0 Å². The van der Waals surface area contributed by atoms with Crippen molar-refractivity contribution in [3.05, 3.63) is 66.7 Å². The molecule has 3 rings (SSSR count). The zero-order chi connectivity index (χ0) is 18.4. The van der Waals surface area contributed by atoms with Crippen molar-refractivity contribution in [2.24, 2.45) is 0 Å². The van der Waals surface area contributed by atoms with Crippen molar-refractivity contribution in [2.75, 3.05) is 44.8 Å². The Bertz CT molecular complexity index is 750. The van der Waals surface area contributed by atoms with Crippen LogP contribution in [0, 0.1) is 0 Å². The van der Waals surface area contributed by atoms with Gasteiger partial charge in [-0.1, -0.05) is 24.8 Å². The van der Waals surface area contributed by atoms with Gasteiger partial charge < -0.3 is 19.3 Å². The summed E-state index contributed by atoms with van der Waals surface area (Å²) in [5.41, 5.74) is 1.76. The third-order valence-corrected chi connectivity index (χ3v) is 4.46. The zero-order valence-corrected chi connectivity index (χ0v) is 15.1. The van der Waals surface area contributed by atoms with Gasteiger partial charge in [-0.25, -0.2) is 0 Å². The molecule has 1 heterocycles. The summed E-state index contributed by atoms with van der Waals surface area (Å²) in [4.78, 5) is 16.9. The molecule has 26 heavy (non-hydrogen) atoms. The van der Waals surface area contributed by atoms with E-state index in [0.717, 1.165) is 30.3 Å². The number of piperazine rings is 1. The van der Waals surface area contributed by atoms with E-state index in [9.17, 15) is 4.79 Å². The standard InChI is InChI=1S/C21H24N2O3/c1-3-16-26-18-10-8-17(9-11-18)21(24)23-14-12-22(13-15-23)19-6-4-5-7-20(19)25-2/h3-11H,1,12-16H2,2H3. The van der Waals surface area contributed by atoms with E-state index >= 15 is 0 Å². The third kappa shape index (κ3) is 3.99. The van der Waals surface area contributed by atoms with E-state index in [1.165, 1.54) is 0 Å². The van der Waals surface area contributed by atoms with Gasteiger partial charge in [0.15, 0.2) is 0 Å². The molecular formula is C21H24N2O3. The van der Waals surface area contributed by atoms with Gasteiger partial charge in [0.05, 0.1) is 12.8 Å². The van der Waals surface area contributed by atoms with E-state index in [-0.39, 0.29) is 5.91 Å². The first-order chi connectivity index (χ1) is 12.7. The number of methoxy groups -OCH3 is 1. The molecule has 1 aliphatic rings. The van der Waals surface area contributed by atoms with Gasteiger partial charge in [-0.3, -0.25) is 4.79 Å². The van der Waals surface area contributed by atoms with E-state index in [1.807, 2.05) is 47.4 Å². The number of ether oxygens (including phenoxy) is 2. The predicted molar refractivity (Wildman–Crippen MR) is 103 cm³/mol. The van der Waals surface area contributed by atoms with Crippen LogP contribution in [0.15, 0.2) is 61.2 Å². The fourth-order valence-corrected chi connectivity index (χ4v) is 3.07. The first-order valence-electron chi connectivity index (χ1n) is 8.74. The Morgan fingerprint density at radius 1 is 1.08 bits per heavy atom. The molecule has 1 aliphatic heterocycles. The molecule has 136 valence electrons. The summed E-state index contributed by atoms with van der Waals surface area (Å²) < 4.78 is 10.9. The van der Waals surface area contributed by atoms with E-state index < -0.39 is 0 Å². The monoisotopic (exact) mass is 352 g/mol. The minimum absolute atomic E-state index is 0.0555. The molecule has 1 amide bonds. The molecule has 0 aliphatic carbocycles. The van der Waals surface area contributed by atoms with Crippen molar-refractivity contribution >= 4 is 11.6 Å². The highest BCUT2D eigenvalue weighted by Gasteiger charge is 2.23. The van der Waals surface area contributed by atoms with Gasteiger partial charge in [0, 0.05) is 31.7 Å². The molecular weight excluding hydrogens is 328 g/mol. The molecule has 2 aromatic rings. The first kappa shape index (κ1) is 17.9. The number of benzene rings is 2. The van der Waals surface area contributed by atoms with Crippen LogP contribution in [0.4, 0.5) is 5.69 Å². The Morgan fingerprint density at radius 2 is 1.77 bits per heavy atom. The number of hydrogen-bond donors (Lipinski definition) is 0. The van der Waals surface area contributed by atoms with Crippen molar-refractivity contribution in [3.63, 3.8) is 0 Å². The summed E-state index contributed by atoms with van der Waals surface area (Å²) in [6.07, 6.45) is 1.69. The van der Waals surface area contributed by atoms with Crippen molar-refractivity contribution in [1.29, 1.82) is 0 Å². The second-order valence-corrected chi connectivity index (χ2v) is 6.08. The molecule has 5 heteroatoms. The molecule has 0 saturated carbocycles. The summed E-state index contributed by atoms with van der Waals surface area (Å²) in [7, 11) is 1.68. The van der Waals surface area contributed by atoms with Gasteiger partial charge in [0.1, 0.15) is 18.1 Å². The number of anilines is 1. The lowest BCUT2D eigenvalue weighted by atomic mass is 10.1. The number of carbonyl (C=O) groups is 1. The number of nitrogens with zero attached hydrogens (tertiary/aromatic N) is 2. The second kappa shape index (κ2) is 8.43. The fourth-order valence-electron chi connectivity index (χ4n) is 3.07. The molecule has 5 nitrogen and oxygen atoms in total. The highest BCUT2D eigenvalue weighted by molar-refractivity contribution is 5.94. The van der Waals surface area contributed by atoms with Crippen LogP contribution >= 0.6 is 0 Å². The predicted octanol–water partition coefficient (Wildman–Crippen LogP) is 3.22. The van der Waals surface area contributed by atoms with Gasteiger partial charge in [0.25, 0.3) is 5.91 Å². The molecule has 0 unspecified atom stereocenters. The largest absolute Gasteiger partial charge is 0.495 e. The minimum Gasteiger partial charge on any atom is -0.495 e. The van der Waals surface area contributed by atoms with Gasteiger partial charge >= 0.3 is 0 Å². The van der Waals surface area contributed by atoms with E-state index in [2.05, 4.69) is 17.5 Å². The molecule has 1 fully saturated rings. The fraction of sp³-hybridized carbons (Fsp3) is 0.286. The van der Waals surface area contributed by atoms with Crippen molar-refractivity contribution in [3.8, 4) is 11.5 Å². The summed E-state index contributed by atoms with van der Waals surface area (Å²) in [5.74, 6) is 1.66. The van der Waals surface area contributed by atoms with Gasteiger partial charge in [-0.2, -0.15) is 0 Å². The van der Waals surface area contributed by atoms with Crippen LogP contribution in [0.1, 0.15) is 10.4 Å². The Morgan fingerprint density at radius 3 is 2.42 bits per heavy atom. The van der Waals surface area contributed by atoms with Gasteiger partial charge in [-0.05, 0) is 36.4 Å². The molecule has 1 saturated heterocycles. The molecule has 2 aromatic carbocycles. The lowest BCUT2D eigenvalue weighted by Crippen LogP contribution is -2.48. The van der Waals surface area contributed by atoms with Crippen molar-refractivity contribution in [2.45, 2.75) is 0 Å². The Kier molecular flexibility index (Phi) is 5.79. The number of amides is 1. The maximum absolute atomic E-state index is 12.7. The smallest absolute Gasteiger partial charge is 0.253 e. The van der Waals surface area contributed by atoms with Crippen LogP contribution in [0.5, 0.6) is 11.5 Å². The van der Waals surface area contributed by atoms with E-state index in [0.29, 0.717) is 25.3 Å². The summed E-state index contributed by atoms with van der Waals surface area (Å²) in [6, 6.07) is 15.3. The van der Waals surface area contributed by atoms with Crippen LogP contribution in [-0.4, -0.2) is 50.7 Å². The Balaban J connectivity index is 1.60. The van der Waals surface area contributed by atoms with Crippen LogP contribution < -0.4 is 14.4 Å². The maximum atomic E-state index is 12.7.